The van der Waals surface area contributed by atoms with E-state index >= 15 is 0 Å². The fourth-order valence-electron chi connectivity index (χ4n) is 3.04. The molecule has 1 fully saturated rings. The van der Waals surface area contributed by atoms with Crippen molar-refractivity contribution in [3.8, 4) is 0 Å². The van der Waals surface area contributed by atoms with Crippen molar-refractivity contribution < 1.29 is 9.90 Å². The molecule has 0 aliphatic carbocycles. The van der Waals surface area contributed by atoms with Crippen molar-refractivity contribution in [1.82, 2.24) is 14.3 Å². The largest absolute Gasteiger partial charge is 0.476 e. The summed E-state index contributed by atoms with van der Waals surface area (Å²) in [6.45, 7) is 6.27. The number of carboxylic acid groups (broad SMARTS) is 1. The minimum Gasteiger partial charge on any atom is -0.476 e. The Morgan fingerprint density at radius 3 is 2.86 bits per heavy atom. The van der Waals surface area contributed by atoms with Gasteiger partial charge in [-0.3, -0.25) is 0 Å². The van der Waals surface area contributed by atoms with Crippen LogP contribution in [0.1, 0.15) is 42.5 Å². The minimum absolute atomic E-state index is 0.105. The van der Waals surface area contributed by atoms with Gasteiger partial charge in [0.1, 0.15) is 5.82 Å². The highest BCUT2D eigenvalue weighted by atomic mass is 16.4. The van der Waals surface area contributed by atoms with E-state index in [4.69, 9.17) is 5.73 Å². The number of aromatic carboxylic acids is 1. The number of carbonyl (C=O) groups is 1. The Labute approximate surface area is 123 Å². The zero-order valence-corrected chi connectivity index (χ0v) is 12.3. The molecule has 112 valence electrons. The highest BCUT2D eigenvalue weighted by Crippen LogP contribution is 2.30. The van der Waals surface area contributed by atoms with Gasteiger partial charge in [0.2, 0.25) is 0 Å². The number of nitrogens with two attached hydrogens (primary N) is 1. The van der Waals surface area contributed by atoms with E-state index in [-0.39, 0.29) is 11.6 Å². The van der Waals surface area contributed by atoms with Gasteiger partial charge in [0.15, 0.2) is 5.69 Å². The average molecular weight is 288 g/mol. The second-order valence-electron chi connectivity index (χ2n) is 5.92. The molecule has 1 unspecified atom stereocenters. The molecule has 0 radical (unpaired) electrons. The van der Waals surface area contributed by atoms with E-state index in [1.807, 2.05) is 4.40 Å². The van der Waals surface area contributed by atoms with E-state index in [1.165, 1.54) is 0 Å². The third kappa shape index (κ3) is 2.35. The lowest BCUT2D eigenvalue weighted by atomic mass is 10.1. The van der Waals surface area contributed by atoms with Crippen molar-refractivity contribution in [3.05, 3.63) is 29.8 Å². The summed E-state index contributed by atoms with van der Waals surface area (Å²) >= 11 is 0. The van der Waals surface area contributed by atoms with Crippen molar-refractivity contribution in [2.24, 2.45) is 0 Å². The van der Waals surface area contributed by atoms with Crippen LogP contribution in [0.15, 0.2) is 18.3 Å². The molecule has 0 spiro atoms. The molecule has 3 heterocycles. The van der Waals surface area contributed by atoms with Gasteiger partial charge in [-0.25, -0.2) is 9.78 Å². The summed E-state index contributed by atoms with van der Waals surface area (Å²) < 4.78 is 1.84. The van der Waals surface area contributed by atoms with Gasteiger partial charge in [-0.2, -0.15) is 0 Å². The summed E-state index contributed by atoms with van der Waals surface area (Å²) in [5.41, 5.74) is 7.16. The molecule has 6 heteroatoms. The minimum atomic E-state index is -0.998. The first-order valence-corrected chi connectivity index (χ1v) is 7.22. The zero-order chi connectivity index (χ0) is 15.1. The number of hydrogen-bond donors (Lipinski definition) is 2. The molecule has 1 saturated heterocycles. The first-order valence-electron chi connectivity index (χ1n) is 7.22. The molecule has 3 N–H and O–H groups in total. The Morgan fingerprint density at radius 1 is 1.48 bits per heavy atom. The van der Waals surface area contributed by atoms with Crippen molar-refractivity contribution >= 4 is 17.2 Å². The molecule has 0 aromatic carbocycles. The Morgan fingerprint density at radius 2 is 2.24 bits per heavy atom. The van der Waals surface area contributed by atoms with Crippen LogP contribution in [-0.4, -0.2) is 44.5 Å². The molecule has 0 bridgehead atoms. The van der Waals surface area contributed by atoms with E-state index in [2.05, 4.69) is 23.7 Å². The van der Waals surface area contributed by atoms with E-state index in [0.29, 0.717) is 17.2 Å². The van der Waals surface area contributed by atoms with Gasteiger partial charge in [0.25, 0.3) is 0 Å². The molecule has 6 nitrogen and oxygen atoms in total. The number of carboxylic acids is 1. The summed E-state index contributed by atoms with van der Waals surface area (Å²) in [4.78, 5) is 18.2. The third-order valence-corrected chi connectivity index (χ3v) is 4.20. The fourth-order valence-corrected chi connectivity index (χ4v) is 3.04. The maximum atomic E-state index is 11.4. The SMILES string of the molecule is CC(C)N1CCC(c2nc(C(=O)O)c3ccc(N)cn23)C1. The normalized spacial score (nSPS) is 19.7. The van der Waals surface area contributed by atoms with Crippen LogP contribution in [0.2, 0.25) is 0 Å². The number of anilines is 1. The number of likely N-dealkylation sites (tertiary alicyclic amines) is 1. The molecular formula is C15H20N4O2. The number of pyridine rings is 1. The number of nitrogen functional groups attached to an aromatic ring is 1. The fraction of sp³-hybridized carbons (Fsp3) is 0.467. The van der Waals surface area contributed by atoms with Crippen LogP contribution in [0.4, 0.5) is 5.69 Å². The van der Waals surface area contributed by atoms with Gasteiger partial charge in [0.05, 0.1) is 5.52 Å². The van der Waals surface area contributed by atoms with Crippen molar-refractivity contribution in [3.63, 3.8) is 0 Å². The van der Waals surface area contributed by atoms with Crippen molar-refractivity contribution in [2.75, 3.05) is 18.8 Å². The Bertz CT molecular complexity index is 692. The molecule has 2 aromatic heterocycles. The van der Waals surface area contributed by atoms with Gasteiger partial charge in [-0.1, -0.05) is 0 Å². The number of fused-ring (bicyclic) bond motifs is 1. The highest BCUT2D eigenvalue weighted by Gasteiger charge is 2.30. The van der Waals surface area contributed by atoms with Crippen LogP contribution in [0.3, 0.4) is 0 Å². The second-order valence-corrected chi connectivity index (χ2v) is 5.92. The second kappa shape index (κ2) is 5.04. The summed E-state index contributed by atoms with van der Waals surface area (Å²) in [5.74, 6) is 0.0508. The summed E-state index contributed by atoms with van der Waals surface area (Å²) in [7, 11) is 0. The quantitative estimate of drug-likeness (QED) is 0.900. The van der Waals surface area contributed by atoms with Crippen molar-refractivity contribution in [1.29, 1.82) is 0 Å². The first-order chi connectivity index (χ1) is 9.97. The molecular weight excluding hydrogens is 268 g/mol. The topological polar surface area (TPSA) is 83.9 Å². The first kappa shape index (κ1) is 13.9. The molecule has 21 heavy (non-hydrogen) atoms. The molecule has 0 saturated carbocycles. The molecule has 1 aliphatic rings. The van der Waals surface area contributed by atoms with Gasteiger partial charge in [-0.05, 0) is 38.9 Å². The smallest absolute Gasteiger partial charge is 0.356 e. The maximum absolute atomic E-state index is 11.4. The van der Waals surface area contributed by atoms with Crippen molar-refractivity contribution in [2.45, 2.75) is 32.2 Å². The van der Waals surface area contributed by atoms with Crippen LogP contribution < -0.4 is 5.73 Å². The number of imidazole rings is 1. The molecule has 1 aliphatic heterocycles. The average Bonchev–Trinajstić information content (AvgIpc) is 3.01. The van der Waals surface area contributed by atoms with Gasteiger partial charge >= 0.3 is 5.97 Å². The predicted octanol–water partition coefficient (Wildman–Crippen LogP) is 1.81. The molecule has 0 amide bonds. The molecule has 1 atom stereocenters. The Hall–Kier alpha value is -2.08. The number of hydrogen-bond acceptors (Lipinski definition) is 4. The van der Waals surface area contributed by atoms with Crippen LogP contribution in [-0.2, 0) is 0 Å². The monoisotopic (exact) mass is 288 g/mol. The number of nitrogens with zero attached hydrogens (tertiary/aromatic N) is 3. The van der Waals surface area contributed by atoms with E-state index in [1.54, 1.807) is 18.3 Å². The molecule has 3 rings (SSSR count). The van der Waals surface area contributed by atoms with Crippen LogP contribution in [0, 0.1) is 0 Å². The van der Waals surface area contributed by atoms with Crippen LogP contribution in [0.5, 0.6) is 0 Å². The van der Waals surface area contributed by atoms with E-state index < -0.39 is 5.97 Å². The Kier molecular flexibility index (Phi) is 3.33. The maximum Gasteiger partial charge on any atom is 0.356 e. The van der Waals surface area contributed by atoms with Crippen LogP contribution >= 0.6 is 0 Å². The Balaban J connectivity index is 2.06. The highest BCUT2D eigenvalue weighted by molar-refractivity contribution is 5.94. The van der Waals surface area contributed by atoms with Gasteiger partial charge in [0, 0.05) is 30.4 Å². The van der Waals surface area contributed by atoms with E-state index in [0.717, 1.165) is 25.3 Å². The number of rotatable bonds is 3. The zero-order valence-electron chi connectivity index (χ0n) is 12.3. The number of aromatic nitrogens is 2. The van der Waals surface area contributed by atoms with Gasteiger partial charge in [-0.15, -0.1) is 0 Å². The standard InChI is InChI=1S/C15H20N4O2/c1-9(2)18-6-5-10(7-18)14-17-13(15(20)21)12-4-3-11(16)8-19(12)14/h3-4,8-10H,5-7,16H2,1-2H3,(H,20,21). The predicted molar refractivity (Wildman–Crippen MR) is 80.6 cm³/mol. The summed E-state index contributed by atoms with van der Waals surface area (Å²) in [5, 5.41) is 9.33. The molecule has 2 aromatic rings. The van der Waals surface area contributed by atoms with E-state index in [9.17, 15) is 9.90 Å². The summed E-state index contributed by atoms with van der Waals surface area (Å²) in [6.07, 6.45) is 2.76. The lowest BCUT2D eigenvalue weighted by Gasteiger charge is -2.19. The third-order valence-electron chi connectivity index (χ3n) is 4.20. The summed E-state index contributed by atoms with van der Waals surface area (Å²) in [6, 6.07) is 3.93. The lowest BCUT2D eigenvalue weighted by Crippen LogP contribution is -2.28. The van der Waals surface area contributed by atoms with Gasteiger partial charge < -0.3 is 20.1 Å². The lowest BCUT2D eigenvalue weighted by molar-refractivity contribution is 0.0693. The van der Waals surface area contributed by atoms with Crippen LogP contribution in [0.25, 0.3) is 5.52 Å².